The molecular formula is C17H21N2O4+. The highest BCUT2D eigenvalue weighted by Crippen LogP contribution is 2.34. The Hall–Kier alpha value is -2.50. The van der Waals surface area contributed by atoms with E-state index in [1.165, 1.54) is 0 Å². The molecule has 1 heterocycles. The van der Waals surface area contributed by atoms with Gasteiger partial charge in [-0.1, -0.05) is 0 Å². The third-order valence-corrected chi connectivity index (χ3v) is 4.44. The Morgan fingerprint density at radius 2 is 1.91 bits per heavy atom. The zero-order valence-electron chi connectivity index (χ0n) is 13.6. The standard InChI is InChI=1S/C17H21N2O4/c1-11-17(13-10-12(22-2)8-9-16(13)23-3)19(21)15-7-5-4-6-14(15)18(11)20/h8-10,20H,4-7H2,1-3H3/q+1. The van der Waals surface area contributed by atoms with Gasteiger partial charge in [-0.3, -0.25) is 0 Å². The lowest BCUT2D eigenvalue weighted by Gasteiger charge is -2.16. The van der Waals surface area contributed by atoms with Gasteiger partial charge in [-0.05, 0) is 44.4 Å². The number of aromatic nitrogens is 2. The van der Waals surface area contributed by atoms with Crippen molar-refractivity contribution in [1.29, 1.82) is 0 Å². The largest absolute Gasteiger partial charge is 0.497 e. The highest BCUT2D eigenvalue weighted by molar-refractivity contribution is 5.68. The molecule has 23 heavy (non-hydrogen) atoms. The molecule has 0 fully saturated rings. The lowest BCUT2D eigenvalue weighted by atomic mass is 9.98. The molecule has 6 heteroatoms. The predicted molar refractivity (Wildman–Crippen MR) is 84.9 cm³/mol. The number of rotatable bonds is 3. The molecule has 0 bridgehead atoms. The maximum Gasteiger partial charge on any atom is 0.296 e. The Balaban J connectivity index is 2.33. The fourth-order valence-corrected chi connectivity index (χ4v) is 3.21. The number of nitrogens with zero attached hydrogens (tertiary/aromatic N) is 2. The van der Waals surface area contributed by atoms with E-state index in [0.717, 1.165) is 22.0 Å². The molecule has 1 aliphatic rings. The first-order chi connectivity index (χ1) is 11.1. The third-order valence-electron chi connectivity index (χ3n) is 4.44. The number of methoxy groups -OCH3 is 2. The Morgan fingerprint density at radius 3 is 2.61 bits per heavy atom. The molecule has 6 nitrogen and oxygen atoms in total. The fraction of sp³-hybridized carbons (Fsp3) is 0.412. The highest BCUT2D eigenvalue weighted by Gasteiger charge is 2.32. The summed E-state index contributed by atoms with van der Waals surface area (Å²) < 4.78 is 12.7. The average Bonchev–Trinajstić information content (AvgIpc) is 2.60. The van der Waals surface area contributed by atoms with E-state index in [0.29, 0.717) is 52.7 Å². The van der Waals surface area contributed by atoms with E-state index < -0.39 is 0 Å². The zero-order valence-corrected chi connectivity index (χ0v) is 13.6. The number of hydrogen-bond acceptors (Lipinski definition) is 4. The van der Waals surface area contributed by atoms with Crippen LogP contribution in [0.4, 0.5) is 0 Å². The second-order valence-electron chi connectivity index (χ2n) is 5.71. The maximum atomic E-state index is 13.0. The van der Waals surface area contributed by atoms with Gasteiger partial charge in [0.25, 0.3) is 11.4 Å². The van der Waals surface area contributed by atoms with Crippen LogP contribution in [0.25, 0.3) is 11.3 Å². The van der Waals surface area contributed by atoms with Crippen molar-refractivity contribution >= 4 is 0 Å². The minimum absolute atomic E-state index is 0.393. The van der Waals surface area contributed by atoms with Crippen LogP contribution in [0.15, 0.2) is 18.2 Å². The molecule has 1 N–H and O–H groups in total. The first-order valence-corrected chi connectivity index (χ1v) is 7.70. The fourth-order valence-electron chi connectivity index (χ4n) is 3.21. The van der Waals surface area contributed by atoms with Crippen LogP contribution >= 0.6 is 0 Å². The van der Waals surface area contributed by atoms with Gasteiger partial charge in [0.15, 0.2) is 0 Å². The number of ether oxygens (including phenoxy) is 2. The Kier molecular flexibility index (Phi) is 3.98. The monoisotopic (exact) mass is 317 g/mol. The van der Waals surface area contributed by atoms with Gasteiger partial charge in [-0.25, -0.2) is 0 Å². The topological polar surface area (TPSA) is 66.6 Å². The Labute approximate surface area is 134 Å². The summed E-state index contributed by atoms with van der Waals surface area (Å²) in [6.07, 6.45) is 3.31. The smallest absolute Gasteiger partial charge is 0.296 e. The molecule has 0 radical (unpaired) electrons. The van der Waals surface area contributed by atoms with E-state index in [1.54, 1.807) is 39.3 Å². The molecule has 0 aliphatic heterocycles. The summed E-state index contributed by atoms with van der Waals surface area (Å²) in [6.45, 7) is 1.73. The van der Waals surface area contributed by atoms with Gasteiger partial charge in [0.05, 0.1) is 24.2 Å². The summed E-state index contributed by atoms with van der Waals surface area (Å²) in [5, 5.41) is 10.5. The second kappa shape index (κ2) is 5.95. The zero-order chi connectivity index (χ0) is 16.6. The van der Waals surface area contributed by atoms with Crippen LogP contribution in [0.3, 0.4) is 0 Å². The van der Waals surface area contributed by atoms with E-state index in [2.05, 4.69) is 0 Å². The Bertz CT molecular complexity index is 811. The molecule has 2 aromatic rings. The van der Waals surface area contributed by atoms with E-state index in [9.17, 15) is 10.1 Å². The molecule has 0 saturated heterocycles. The first kappa shape index (κ1) is 15.4. The molecule has 1 aromatic heterocycles. The van der Waals surface area contributed by atoms with E-state index in [4.69, 9.17) is 9.47 Å². The molecule has 122 valence electrons. The second-order valence-corrected chi connectivity index (χ2v) is 5.71. The average molecular weight is 317 g/mol. The van der Waals surface area contributed by atoms with Gasteiger partial charge < -0.3 is 14.7 Å². The van der Waals surface area contributed by atoms with Crippen molar-refractivity contribution in [1.82, 2.24) is 4.73 Å². The summed E-state index contributed by atoms with van der Waals surface area (Å²) in [5.74, 6) is 1.19. The van der Waals surface area contributed by atoms with Crippen molar-refractivity contribution in [3.05, 3.63) is 40.2 Å². The molecule has 3 rings (SSSR count). The number of fused-ring (bicyclic) bond motifs is 1. The molecule has 1 aromatic carbocycles. The highest BCUT2D eigenvalue weighted by atomic mass is 16.5. The summed E-state index contributed by atoms with van der Waals surface area (Å²) in [7, 11) is 3.13. The van der Waals surface area contributed by atoms with E-state index >= 15 is 0 Å². The van der Waals surface area contributed by atoms with Crippen LogP contribution in [0.2, 0.25) is 0 Å². The van der Waals surface area contributed by atoms with Crippen LogP contribution < -0.4 is 13.9 Å². The minimum atomic E-state index is 0.393. The number of hydrogen-bond donors (Lipinski definition) is 1. The van der Waals surface area contributed by atoms with Crippen molar-refractivity contribution in [2.75, 3.05) is 14.2 Å². The minimum Gasteiger partial charge on any atom is -0.497 e. The van der Waals surface area contributed by atoms with Crippen molar-refractivity contribution in [2.24, 2.45) is 0 Å². The van der Waals surface area contributed by atoms with Gasteiger partial charge in [0, 0.05) is 11.3 Å². The molecule has 0 atom stereocenters. The van der Waals surface area contributed by atoms with Gasteiger partial charge in [-0.15, -0.1) is 0 Å². The van der Waals surface area contributed by atoms with Crippen LogP contribution in [0.5, 0.6) is 11.5 Å². The van der Waals surface area contributed by atoms with Gasteiger partial charge in [-0.2, -0.15) is 4.73 Å². The van der Waals surface area contributed by atoms with Crippen molar-refractivity contribution in [2.45, 2.75) is 32.6 Å². The molecule has 0 saturated carbocycles. The summed E-state index contributed by atoms with van der Waals surface area (Å²) >= 11 is 0. The Morgan fingerprint density at radius 1 is 1.17 bits per heavy atom. The van der Waals surface area contributed by atoms with Gasteiger partial charge >= 0.3 is 0 Å². The van der Waals surface area contributed by atoms with E-state index in [1.807, 2.05) is 0 Å². The molecule has 1 aliphatic carbocycles. The summed E-state index contributed by atoms with van der Waals surface area (Å²) in [4.78, 5) is 13.0. The number of benzene rings is 1. The molecule has 0 spiro atoms. The van der Waals surface area contributed by atoms with Crippen molar-refractivity contribution in [3.8, 4) is 22.8 Å². The van der Waals surface area contributed by atoms with Crippen molar-refractivity contribution < 1.29 is 19.1 Å². The first-order valence-electron chi connectivity index (χ1n) is 7.70. The van der Waals surface area contributed by atoms with Gasteiger partial charge in [0.2, 0.25) is 0 Å². The normalized spacial score (nSPS) is 13.5. The third kappa shape index (κ3) is 2.44. The van der Waals surface area contributed by atoms with E-state index in [-0.39, 0.29) is 0 Å². The van der Waals surface area contributed by atoms with Crippen LogP contribution in [0.1, 0.15) is 29.9 Å². The lowest BCUT2D eigenvalue weighted by Crippen LogP contribution is -2.33. The van der Waals surface area contributed by atoms with Crippen LogP contribution in [-0.4, -0.2) is 24.2 Å². The molecule has 0 unspecified atom stereocenters. The van der Waals surface area contributed by atoms with Crippen LogP contribution in [-0.2, 0) is 12.8 Å². The van der Waals surface area contributed by atoms with Gasteiger partial charge in [0.1, 0.15) is 22.9 Å². The predicted octanol–water partition coefficient (Wildman–Crippen LogP) is 2.51. The molecular weight excluding hydrogens is 296 g/mol. The van der Waals surface area contributed by atoms with Crippen LogP contribution in [0, 0.1) is 11.8 Å². The SMILES string of the molecule is COc1ccc(OC)c(-c2c(C)n(O)c3c([n+]2=O)CCCC3)c1. The summed E-state index contributed by atoms with van der Waals surface area (Å²) in [6, 6.07) is 5.29. The van der Waals surface area contributed by atoms with Crippen molar-refractivity contribution in [3.63, 3.8) is 0 Å². The maximum absolute atomic E-state index is 13.0. The summed E-state index contributed by atoms with van der Waals surface area (Å²) in [5.41, 5.74) is 2.82. The molecule has 0 amide bonds. The quantitative estimate of drug-likeness (QED) is 0.698. The lowest BCUT2D eigenvalue weighted by molar-refractivity contribution is -0.496.